The zero-order valence-corrected chi connectivity index (χ0v) is 13.0. The zero-order valence-electron chi connectivity index (χ0n) is 10.7. The Morgan fingerprint density at radius 3 is 2.81 bits per heavy atom. The van der Waals surface area contributed by atoms with Gasteiger partial charge in [-0.3, -0.25) is 4.79 Å². The molecule has 8 heteroatoms. The van der Waals surface area contributed by atoms with Crippen molar-refractivity contribution in [1.29, 1.82) is 0 Å². The van der Waals surface area contributed by atoms with Crippen LogP contribution in [-0.4, -0.2) is 11.1 Å². The fourth-order valence-corrected chi connectivity index (χ4v) is 3.17. The molecule has 3 rings (SSSR count). The van der Waals surface area contributed by atoms with Gasteiger partial charge in [-0.05, 0) is 12.1 Å². The molecule has 0 bridgehead atoms. The largest absolute Gasteiger partial charge is 0.380 e. The first-order chi connectivity index (χ1) is 10.2. The summed E-state index contributed by atoms with van der Waals surface area (Å²) in [7, 11) is 0. The van der Waals surface area contributed by atoms with Crippen LogP contribution in [0.15, 0.2) is 44.0 Å². The first-order valence-corrected chi connectivity index (χ1v) is 7.65. The van der Waals surface area contributed by atoms with Crippen LogP contribution in [0.25, 0.3) is 0 Å². The molecule has 21 heavy (non-hydrogen) atoms. The van der Waals surface area contributed by atoms with Crippen LogP contribution >= 0.6 is 23.2 Å². The van der Waals surface area contributed by atoms with Crippen LogP contribution in [0, 0.1) is 0 Å². The maximum atomic E-state index is 11.6. The maximum Gasteiger partial charge on any atom is 0.250 e. The van der Waals surface area contributed by atoms with Crippen molar-refractivity contribution in [3.63, 3.8) is 0 Å². The number of rotatable bonds is 4. The normalized spacial score (nSPS) is 12.1. The van der Waals surface area contributed by atoms with Gasteiger partial charge in [-0.2, -0.15) is 8.73 Å². The number of hydrogen-bond donors (Lipinski definition) is 1. The van der Waals surface area contributed by atoms with Crippen molar-refractivity contribution >= 4 is 51.6 Å². The van der Waals surface area contributed by atoms with E-state index in [4.69, 9.17) is 23.2 Å². The highest BCUT2D eigenvalue weighted by molar-refractivity contribution is 7.58. The van der Waals surface area contributed by atoms with Gasteiger partial charge in [0.25, 0.3) is 5.56 Å². The molecule has 0 saturated carbocycles. The summed E-state index contributed by atoms with van der Waals surface area (Å²) in [4.78, 5) is 11.6. The summed E-state index contributed by atoms with van der Waals surface area (Å²) >= 11 is 13.4. The monoisotopic (exact) mass is 340 g/mol. The van der Waals surface area contributed by atoms with Crippen molar-refractivity contribution < 1.29 is 0 Å². The summed E-state index contributed by atoms with van der Waals surface area (Å²) in [6.45, 7) is 1.07. The fraction of sp³-hybridized carbons (Fsp3) is 0.154. The second kappa shape index (κ2) is 6.01. The highest BCUT2D eigenvalue weighted by Crippen LogP contribution is 2.47. The minimum absolute atomic E-state index is 0.0398. The van der Waals surface area contributed by atoms with Crippen molar-refractivity contribution in [1.82, 2.24) is 4.57 Å². The molecule has 0 saturated heterocycles. The minimum atomic E-state index is -0.0398. The third-order valence-corrected chi connectivity index (χ3v) is 4.11. The molecule has 2 aromatic rings. The number of nitrogens with one attached hydrogen (secondary N) is 1. The second-order valence-electron chi connectivity index (χ2n) is 4.34. The Hall–Kier alpha value is -1.63. The van der Waals surface area contributed by atoms with E-state index in [1.54, 1.807) is 22.9 Å². The minimum Gasteiger partial charge on any atom is -0.380 e. The molecular formula is C13H10Cl2N4OS. The molecule has 0 aliphatic carbocycles. The first kappa shape index (κ1) is 14.3. The van der Waals surface area contributed by atoms with Crippen molar-refractivity contribution in [2.24, 2.45) is 8.73 Å². The van der Waals surface area contributed by atoms with Gasteiger partial charge in [0.15, 0.2) is 0 Å². The smallest absolute Gasteiger partial charge is 0.250 e. The van der Waals surface area contributed by atoms with Crippen LogP contribution in [0.3, 0.4) is 0 Å². The molecule has 2 heterocycles. The molecule has 0 unspecified atom stereocenters. The average Bonchev–Trinajstić information content (AvgIpc) is 2.94. The molecule has 0 spiro atoms. The number of fused-ring (bicyclic) bond motifs is 1. The summed E-state index contributed by atoms with van der Waals surface area (Å²) in [5.41, 5.74) is 1.93. The molecule has 1 aromatic carbocycles. The summed E-state index contributed by atoms with van der Waals surface area (Å²) < 4.78 is 9.98. The van der Waals surface area contributed by atoms with E-state index in [0.717, 1.165) is 11.4 Å². The van der Waals surface area contributed by atoms with Crippen LogP contribution in [0.4, 0.5) is 17.1 Å². The number of anilines is 1. The first-order valence-electron chi connectivity index (χ1n) is 6.16. The Labute approximate surface area is 134 Å². The lowest BCUT2D eigenvalue weighted by Gasteiger charge is -2.12. The number of pyridine rings is 1. The van der Waals surface area contributed by atoms with Crippen molar-refractivity contribution in [3.05, 3.63) is 50.9 Å². The van der Waals surface area contributed by atoms with Gasteiger partial charge in [-0.25, -0.2) is 0 Å². The van der Waals surface area contributed by atoms with E-state index < -0.39 is 0 Å². The molecule has 5 nitrogen and oxygen atoms in total. The molecule has 1 aromatic heterocycles. The van der Waals surface area contributed by atoms with Crippen LogP contribution in [0.2, 0.25) is 10.0 Å². The summed E-state index contributed by atoms with van der Waals surface area (Å²) in [5.74, 6) is 0. The van der Waals surface area contributed by atoms with E-state index in [1.807, 2.05) is 6.07 Å². The predicted molar refractivity (Wildman–Crippen MR) is 87.2 cm³/mol. The topological polar surface area (TPSA) is 58.8 Å². The van der Waals surface area contributed by atoms with E-state index in [1.165, 1.54) is 6.07 Å². The fourth-order valence-electron chi connectivity index (χ4n) is 1.99. The lowest BCUT2D eigenvalue weighted by atomic mass is 10.2. The molecule has 1 aliphatic rings. The zero-order chi connectivity index (χ0) is 14.8. The van der Waals surface area contributed by atoms with Gasteiger partial charge in [-0.1, -0.05) is 29.3 Å². The van der Waals surface area contributed by atoms with Gasteiger partial charge < -0.3 is 9.88 Å². The molecule has 0 fully saturated rings. The molecule has 1 N–H and O–H groups in total. The maximum absolute atomic E-state index is 11.6. The predicted octanol–water partition coefficient (Wildman–Crippen LogP) is 3.99. The molecule has 0 atom stereocenters. The van der Waals surface area contributed by atoms with Crippen molar-refractivity contribution in [2.45, 2.75) is 6.54 Å². The lowest BCUT2D eigenvalue weighted by molar-refractivity contribution is 0.698. The van der Waals surface area contributed by atoms with Crippen LogP contribution in [0.1, 0.15) is 0 Å². The molecule has 108 valence electrons. The number of halogens is 2. The number of benzene rings is 1. The molecule has 0 amide bonds. The molecule has 0 radical (unpaired) electrons. The van der Waals surface area contributed by atoms with Crippen molar-refractivity contribution in [2.75, 3.05) is 11.9 Å². The SMILES string of the molecule is O=c1ccccn1CCNc1c(Cl)cc(Cl)c2c1N=S=N2. The van der Waals surface area contributed by atoms with E-state index in [2.05, 4.69) is 14.0 Å². The van der Waals surface area contributed by atoms with E-state index in [0.29, 0.717) is 40.2 Å². The third-order valence-electron chi connectivity index (χ3n) is 3.00. The van der Waals surface area contributed by atoms with Gasteiger partial charge in [0.1, 0.15) is 11.4 Å². The van der Waals surface area contributed by atoms with Crippen LogP contribution in [-0.2, 0) is 17.9 Å². The van der Waals surface area contributed by atoms with E-state index in [-0.39, 0.29) is 5.56 Å². The van der Waals surface area contributed by atoms with Crippen LogP contribution < -0.4 is 10.9 Å². The van der Waals surface area contributed by atoms with Crippen LogP contribution in [0.5, 0.6) is 0 Å². The highest BCUT2D eigenvalue weighted by atomic mass is 35.5. The van der Waals surface area contributed by atoms with Crippen molar-refractivity contribution in [3.8, 4) is 0 Å². The van der Waals surface area contributed by atoms with Gasteiger partial charge in [0, 0.05) is 25.4 Å². The molecular weight excluding hydrogens is 331 g/mol. The number of hydrogen-bond acceptors (Lipinski definition) is 4. The Kier molecular flexibility index (Phi) is 4.10. The lowest BCUT2D eigenvalue weighted by Crippen LogP contribution is -2.22. The standard InChI is InChI=1S/C13H10Cl2N4OS/c14-8-7-9(15)12-13(18-21-17-12)11(8)16-4-6-19-5-2-1-3-10(19)20/h1-3,5,7,16H,4,6H2. The van der Waals surface area contributed by atoms with E-state index in [9.17, 15) is 4.79 Å². The molecule has 1 aliphatic heterocycles. The Morgan fingerprint density at radius 1 is 1.19 bits per heavy atom. The van der Waals surface area contributed by atoms with Gasteiger partial charge in [-0.15, -0.1) is 0 Å². The van der Waals surface area contributed by atoms with Gasteiger partial charge in [0.2, 0.25) is 0 Å². The summed E-state index contributed by atoms with van der Waals surface area (Å²) in [6.07, 6.45) is 1.74. The van der Waals surface area contributed by atoms with Gasteiger partial charge >= 0.3 is 0 Å². The quantitative estimate of drug-likeness (QED) is 0.780. The Balaban J connectivity index is 1.78. The second-order valence-corrected chi connectivity index (χ2v) is 5.68. The number of aromatic nitrogens is 1. The third kappa shape index (κ3) is 2.88. The highest BCUT2D eigenvalue weighted by Gasteiger charge is 2.18. The van der Waals surface area contributed by atoms with E-state index >= 15 is 0 Å². The summed E-state index contributed by atoms with van der Waals surface area (Å²) in [5, 5.41) is 4.17. The summed E-state index contributed by atoms with van der Waals surface area (Å²) in [6, 6.07) is 6.70. The van der Waals surface area contributed by atoms with Gasteiger partial charge in [0.05, 0.1) is 27.1 Å². The Bertz CT molecular complexity index is 827. The average molecular weight is 341 g/mol. The Morgan fingerprint density at radius 2 is 2.00 bits per heavy atom. The number of nitrogens with zero attached hydrogens (tertiary/aromatic N) is 3.